The Kier molecular flexibility index (Phi) is 4.12. The van der Waals surface area contributed by atoms with Gasteiger partial charge in [0.2, 0.25) is 6.79 Å². The van der Waals surface area contributed by atoms with Crippen LogP contribution in [0, 0.1) is 5.82 Å². The van der Waals surface area contributed by atoms with Crippen LogP contribution >= 0.6 is 15.9 Å². The van der Waals surface area contributed by atoms with Crippen LogP contribution < -0.4 is 14.8 Å². The molecular formula is C16H15BrFNO2. The third-order valence-corrected chi connectivity index (χ3v) is 4.06. The third-order valence-electron chi connectivity index (χ3n) is 3.47. The Balaban J connectivity index is 1.71. The predicted octanol–water partition coefficient (Wildman–Crippen LogP) is 4.17. The maximum atomic E-state index is 13.7. The fourth-order valence-electron chi connectivity index (χ4n) is 2.33. The number of rotatable bonds is 4. The zero-order chi connectivity index (χ0) is 14.8. The average molecular weight is 352 g/mol. The molecule has 1 aliphatic heterocycles. The summed E-state index contributed by atoms with van der Waals surface area (Å²) in [6, 6.07) is 10.7. The first-order chi connectivity index (χ1) is 10.1. The minimum atomic E-state index is -0.190. The van der Waals surface area contributed by atoms with E-state index in [0.29, 0.717) is 12.1 Å². The lowest BCUT2D eigenvalue weighted by molar-refractivity contribution is 0.173. The summed E-state index contributed by atoms with van der Waals surface area (Å²) < 4.78 is 25.3. The Bertz CT molecular complexity index is 663. The molecule has 3 nitrogen and oxygen atoms in total. The molecule has 0 fully saturated rings. The minimum Gasteiger partial charge on any atom is -0.454 e. The maximum absolute atomic E-state index is 13.7. The van der Waals surface area contributed by atoms with E-state index in [1.165, 1.54) is 6.07 Å². The van der Waals surface area contributed by atoms with Gasteiger partial charge in [0.05, 0.1) is 4.47 Å². The van der Waals surface area contributed by atoms with Gasteiger partial charge >= 0.3 is 0 Å². The number of halogens is 2. The molecule has 1 N–H and O–H groups in total. The van der Waals surface area contributed by atoms with E-state index in [9.17, 15) is 4.39 Å². The second-order valence-electron chi connectivity index (χ2n) is 4.94. The number of hydrogen-bond acceptors (Lipinski definition) is 3. The predicted molar refractivity (Wildman–Crippen MR) is 81.9 cm³/mol. The Morgan fingerprint density at radius 1 is 1.29 bits per heavy atom. The first-order valence-corrected chi connectivity index (χ1v) is 7.50. The van der Waals surface area contributed by atoms with E-state index >= 15 is 0 Å². The molecule has 0 bridgehead atoms. The molecule has 0 aromatic heterocycles. The van der Waals surface area contributed by atoms with E-state index in [4.69, 9.17) is 9.47 Å². The van der Waals surface area contributed by atoms with Gasteiger partial charge in [-0.2, -0.15) is 0 Å². The summed E-state index contributed by atoms with van der Waals surface area (Å²) in [5.74, 6) is 1.28. The molecule has 0 aliphatic carbocycles. The van der Waals surface area contributed by atoms with Gasteiger partial charge in [-0.1, -0.05) is 18.2 Å². The summed E-state index contributed by atoms with van der Waals surface area (Å²) in [4.78, 5) is 0. The normalized spacial score (nSPS) is 14.2. The van der Waals surface area contributed by atoms with Crippen LogP contribution in [0.4, 0.5) is 4.39 Å². The summed E-state index contributed by atoms with van der Waals surface area (Å²) in [6.07, 6.45) is 0. The van der Waals surface area contributed by atoms with Gasteiger partial charge in [0, 0.05) is 18.2 Å². The van der Waals surface area contributed by atoms with Crippen LogP contribution in [-0.2, 0) is 6.54 Å². The fourth-order valence-corrected chi connectivity index (χ4v) is 2.93. The molecule has 110 valence electrons. The minimum absolute atomic E-state index is 0.0737. The molecule has 1 atom stereocenters. The van der Waals surface area contributed by atoms with Crippen molar-refractivity contribution >= 4 is 15.9 Å². The van der Waals surface area contributed by atoms with Crippen molar-refractivity contribution in [3.63, 3.8) is 0 Å². The Morgan fingerprint density at radius 2 is 2.10 bits per heavy atom. The average Bonchev–Trinajstić information content (AvgIpc) is 2.94. The van der Waals surface area contributed by atoms with Gasteiger partial charge < -0.3 is 14.8 Å². The summed E-state index contributed by atoms with van der Waals surface area (Å²) in [6.45, 7) is 2.81. The van der Waals surface area contributed by atoms with Crippen LogP contribution in [0.5, 0.6) is 11.5 Å². The summed E-state index contributed by atoms with van der Waals surface area (Å²) >= 11 is 3.47. The first kappa shape index (κ1) is 14.4. The monoisotopic (exact) mass is 351 g/mol. The number of fused-ring (bicyclic) bond motifs is 1. The van der Waals surface area contributed by atoms with E-state index in [2.05, 4.69) is 21.2 Å². The number of benzene rings is 2. The highest BCUT2D eigenvalue weighted by atomic mass is 79.9. The molecule has 0 saturated heterocycles. The van der Waals surface area contributed by atoms with Crippen molar-refractivity contribution in [2.24, 2.45) is 0 Å². The molecular weight excluding hydrogens is 337 g/mol. The van der Waals surface area contributed by atoms with Crippen molar-refractivity contribution in [3.8, 4) is 11.5 Å². The molecule has 0 amide bonds. The molecule has 0 radical (unpaired) electrons. The number of hydrogen-bond donors (Lipinski definition) is 1. The molecule has 2 aromatic rings. The van der Waals surface area contributed by atoms with Crippen LogP contribution in [0.15, 0.2) is 40.9 Å². The van der Waals surface area contributed by atoms with Crippen molar-refractivity contribution in [3.05, 3.63) is 57.8 Å². The second kappa shape index (κ2) is 6.03. The molecule has 0 spiro atoms. The SMILES string of the molecule is C[C@H](NCc1cc(Br)c2c(c1)OCO2)c1ccccc1F. The fraction of sp³-hybridized carbons (Fsp3) is 0.250. The highest BCUT2D eigenvalue weighted by Crippen LogP contribution is 2.40. The van der Waals surface area contributed by atoms with Crippen LogP contribution in [0.1, 0.15) is 24.1 Å². The smallest absolute Gasteiger partial charge is 0.231 e. The van der Waals surface area contributed by atoms with Gasteiger partial charge in [-0.15, -0.1) is 0 Å². The zero-order valence-electron chi connectivity index (χ0n) is 11.5. The molecule has 21 heavy (non-hydrogen) atoms. The molecule has 3 rings (SSSR count). The molecule has 1 heterocycles. The molecule has 0 saturated carbocycles. The van der Waals surface area contributed by atoms with E-state index in [-0.39, 0.29) is 18.7 Å². The first-order valence-electron chi connectivity index (χ1n) is 6.71. The topological polar surface area (TPSA) is 30.5 Å². The second-order valence-corrected chi connectivity index (χ2v) is 5.79. The lowest BCUT2D eigenvalue weighted by atomic mass is 10.1. The van der Waals surface area contributed by atoms with Crippen LogP contribution in [0.2, 0.25) is 0 Å². The van der Waals surface area contributed by atoms with Gasteiger partial charge in [-0.3, -0.25) is 0 Å². The van der Waals surface area contributed by atoms with Gasteiger partial charge in [0.1, 0.15) is 5.82 Å². The lowest BCUT2D eigenvalue weighted by Gasteiger charge is -2.15. The van der Waals surface area contributed by atoms with Crippen molar-refractivity contribution in [2.45, 2.75) is 19.5 Å². The Labute approximate surface area is 131 Å². The van der Waals surface area contributed by atoms with Crippen molar-refractivity contribution in [2.75, 3.05) is 6.79 Å². The largest absolute Gasteiger partial charge is 0.454 e. The maximum Gasteiger partial charge on any atom is 0.231 e. The summed E-state index contributed by atoms with van der Waals surface area (Å²) in [7, 11) is 0. The standard InChI is InChI=1S/C16H15BrFNO2/c1-10(12-4-2-3-5-14(12)18)19-8-11-6-13(17)16-15(7-11)20-9-21-16/h2-7,10,19H,8-9H2,1H3/t10-/m0/s1. The molecule has 0 unspecified atom stereocenters. The molecule has 2 aromatic carbocycles. The van der Waals surface area contributed by atoms with Crippen LogP contribution in [0.25, 0.3) is 0 Å². The Morgan fingerprint density at radius 3 is 2.90 bits per heavy atom. The van der Waals surface area contributed by atoms with Gasteiger partial charge in [-0.05, 0) is 46.6 Å². The summed E-state index contributed by atoms with van der Waals surface area (Å²) in [5, 5.41) is 3.32. The van der Waals surface area contributed by atoms with Crippen LogP contribution in [0.3, 0.4) is 0 Å². The van der Waals surface area contributed by atoms with E-state index < -0.39 is 0 Å². The van der Waals surface area contributed by atoms with Crippen LogP contribution in [-0.4, -0.2) is 6.79 Å². The highest BCUT2D eigenvalue weighted by Gasteiger charge is 2.18. The van der Waals surface area contributed by atoms with Gasteiger partial charge in [0.15, 0.2) is 11.5 Å². The quantitative estimate of drug-likeness (QED) is 0.896. The third kappa shape index (κ3) is 3.04. The van der Waals surface area contributed by atoms with Crippen molar-refractivity contribution in [1.29, 1.82) is 0 Å². The van der Waals surface area contributed by atoms with E-state index in [1.54, 1.807) is 12.1 Å². The molecule has 1 aliphatic rings. The zero-order valence-corrected chi connectivity index (χ0v) is 13.1. The number of nitrogens with one attached hydrogen (secondary N) is 1. The van der Waals surface area contributed by atoms with Crippen molar-refractivity contribution < 1.29 is 13.9 Å². The van der Waals surface area contributed by atoms with E-state index in [0.717, 1.165) is 21.5 Å². The van der Waals surface area contributed by atoms with Gasteiger partial charge in [0.25, 0.3) is 0 Å². The van der Waals surface area contributed by atoms with Crippen molar-refractivity contribution in [1.82, 2.24) is 5.32 Å². The van der Waals surface area contributed by atoms with E-state index in [1.807, 2.05) is 25.1 Å². The lowest BCUT2D eigenvalue weighted by Crippen LogP contribution is -2.19. The highest BCUT2D eigenvalue weighted by molar-refractivity contribution is 9.10. The number of ether oxygens (including phenoxy) is 2. The van der Waals surface area contributed by atoms with Gasteiger partial charge in [-0.25, -0.2) is 4.39 Å². The Hall–Kier alpha value is -1.59. The molecule has 5 heteroatoms. The summed E-state index contributed by atoms with van der Waals surface area (Å²) in [5.41, 5.74) is 1.71.